The van der Waals surface area contributed by atoms with Gasteiger partial charge in [-0.15, -0.1) is 0 Å². The second-order valence-corrected chi connectivity index (χ2v) is 5.24. The quantitative estimate of drug-likeness (QED) is 0.900. The monoisotopic (exact) mass is 287 g/mol. The first-order valence-electron chi connectivity index (χ1n) is 6.73. The largest absolute Gasteiger partial charge is 0.480 e. The van der Waals surface area contributed by atoms with Gasteiger partial charge in [-0.25, -0.2) is 9.59 Å². The first-order valence-corrected chi connectivity index (χ1v) is 6.73. The van der Waals surface area contributed by atoms with Crippen LogP contribution in [0.15, 0.2) is 24.3 Å². The maximum atomic E-state index is 12.5. The van der Waals surface area contributed by atoms with Gasteiger partial charge in [0.15, 0.2) is 0 Å². The van der Waals surface area contributed by atoms with E-state index in [1.54, 1.807) is 31.3 Å². The molecule has 0 aliphatic carbocycles. The Kier molecular flexibility index (Phi) is 4.13. The van der Waals surface area contributed by atoms with Gasteiger partial charge < -0.3 is 10.0 Å². The van der Waals surface area contributed by atoms with Crippen molar-refractivity contribution in [2.75, 3.05) is 18.5 Å². The van der Waals surface area contributed by atoms with E-state index >= 15 is 0 Å². The van der Waals surface area contributed by atoms with E-state index < -0.39 is 12.0 Å². The normalized spacial score (nSPS) is 20.9. The molecular weight excluding hydrogens is 270 g/mol. The van der Waals surface area contributed by atoms with E-state index in [0.29, 0.717) is 24.2 Å². The molecule has 110 valence electrons. The average molecular weight is 287 g/mol. The predicted molar refractivity (Wildman–Crippen MR) is 76.9 cm³/mol. The molecule has 0 aromatic heterocycles. The maximum Gasteiger partial charge on any atom is 0.326 e. The first-order chi connectivity index (χ1) is 9.95. The van der Waals surface area contributed by atoms with Crippen LogP contribution < -0.4 is 4.90 Å². The molecule has 0 bridgehead atoms. The van der Waals surface area contributed by atoms with Crippen molar-refractivity contribution >= 4 is 17.7 Å². The molecule has 2 rings (SSSR count). The Morgan fingerprint density at radius 1 is 1.38 bits per heavy atom. The van der Waals surface area contributed by atoms with Gasteiger partial charge >= 0.3 is 12.0 Å². The second kappa shape index (κ2) is 5.83. The number of nitriles is 1. The van der Waals surface area contributed by atoms with Crippen molar-refractivity contribution in [2.24, 2.45) is 5.92 Å². The highest BCUT2D eigenvalue weighted by Gasteiger charge is 2.40. The zero-order chi connectivity index (χ0) is 15.6. The summed E-state index contributed by atoms with van der Waals surface area (Å²) >= 11 is 0. The zero-order valence-electron chi connectivity index (χ0n) is 12.0. The van der Waals surface area contributed by atoms with Gasteiger partial charge in [0.2, 0.25) is 0 Å². The van der Waals surface area contributed by atoms with E-state index in [1.807, 2.05) is 13.0 Å². The fraction of sp³-hybridized carbons (Fsp3) is 0.400. The third kappa shape index (κ3) is 2.82. The van der Waals surface area contributed by atoms with Crippen LogP contribution in [-0.2, 0) is 4.79 Å². The molecule has 1 fully saturated rings. The number of amides is 2. The molecule has 2 unspecified atom stereocenters. The number of nitrogens with zero attached hydrogens (tertiary/aromatic N) is 3. The smallest absolute Gasteiger partial charge is 0.326 e. The molecule has 1 aromatic rings. The molecule has 2 amide bonds. The number of aliphatic carboxylic acids is 1. The van der Waals surface area contributed by atoms with Crippen LogP contribution in [0.5, 0.6) is 0 Å². The maximum absolute atomic E-state index is 12.5. The van der Waals surface area contributed by atoms with Crippen LogP contribution in [0.25, 0.3) is 0 Å². The Bertz CT molecular complexity index is 591. The molecule has 1 aromatic carbocycles. The zero-order valence-corrected chi connectivity index (χ0v) is 12.0. The molecular formula is C15H17N3O3. The third-order valence-electron chi connectivity index (χ3n) is 3.87. The van der Waals surface area contributed by atoms with E-state index in [4.69, 9.17) is 5.26 Å². The fourth-order valence-corrected chi connectivity index (χ4v) is 2.60. The number of anilines is 1. The van der Waals surface area contributed by atoms with Gasteiger partial charge in [0.1, 0.15) is 6.04 Å². The Balaban J connectivity index is 2.18. The molecule has 0 saturated carbocycles. The lowest BCUT2D eigenvalue weighted by molar-refractivity contribution is -0.142. The van der Waals surface area contributed by atoms with Crippen LogP contribution in [0.2, 0.25) is 0 Å². The minimum atomic E-state index is -0.971. The van der Waals surface area contributed by atoms with Crippen molar-refractivity contribution in [1.82, 2.24) is 4.90 Å². The molecule has 1 heterocycles. The van der Waals surface area contributed by atoms with Crippen molar-refractivity contribution in [2.45, 2.75) is 19.4 Å². The molecule has 0 radical (unpaired) electrons. The summed E-state index contributed by atoms with van der Waals surface area (Å²) in [5, 5.41) is 18.0. The Morgan fingerprint density at radius 3 is 2.52 bits per heavy atom. The van der Waals surface area contributed by atoms with Crippen molar-refractivity contribution in [3.05, 3.63) is 29.8 Å². The lowest BCUT2D eigenvalue weighted by atomic mass is 10.0. The van der Waals surface area contributed by atoms with Crippen LogP contribution in [0, 0.1) is 17.2 Å². The minimum Gasteiger partial charge on any atom is -0.480 e. The van der Waals surface area contributed by atoms with Crippen LogP contribution >= 0.6 is 0 Å². The number of carboxylic acid groups (broad SMARTS) is 1. The summed E-state index contributed by atoms with van der Waals surface area (Å²) in [5.74, 6) is -1.03. The summed E-state index contributed by atoms with van der Waals surface area (Å²) < 4.78 is 0. The fourth-order valence-electron chi connectivity index (χ4n) is 2.60. The van der Waals surface area contributed by atoms with Crippen molar-refractivity contribution < 1.29 is 14.7 Å². The molecule has 0 spiro atoms. The molecule has 1 aliphatic rings. The molecule has 2 atom stereocenters. The average Bonchev–Trinajstić information content (AvgIpc) is 2.87. The number of hydrogen-bond acceptors (Lipinski definition) is 3. The highest BCUT2D eigenvalue weighted by atomic mass is 16.4. The summed E-state index contributed by atoms with van der Waals surface area (Å²) in [5.41, 5.74) is 1.14. The SMILES string of the molecule is CC1CCN(C(=O)N(C)c2ccc(C#N)cc2)C1C(=O)O. The van der Waals surface area contributed by atoms with Gasteiger partial charge in [0.25, 0.3) is 0 Å². The lowest BCUT2D eigenvalue weighted by Crippen LogP contribution is -2.48. The van der Waals surface area contributed by atoms with E-state index in [-0.39, 0.29) is 11.9 Å². The van der Waals surface area contributed by atoms with E-state index in [1.165, 1.54) is 9.80 Å². The second-order valence-electron chi connectivity index (χ2n) is 5.24. The topological polar surface area (TPSA) is 84.6 Å². The van der Waals surface area contributed by atoms with Crippen LogP contribution in [-0.4, -0.2) is 41.6 Å². The molecule has 1 aliphatic heterocycles. The molecule has 6 heteroatoms. The Morgan fingerprint density at radius 2 is 2.00 bits per heavy atom. The van der Waals surface area contributed by atoms with Crippen molar-refractivity contribution in [3.63, 3.8) is 0 Å². The highest BCUT2D eigenvalue weighted by Crippen LogP contribution is 2.26. The minimum absolute atomic E-state index is 0.0548. The van der Waals surface area contributed by atoms with Crippen LogP contribution in [0.4, 0.5) is 10.5 Å². The van der Waals surface area contributed by atoms with Crippen LogP contribution in [0.3, 0.4) is 0 Å². The summed E-state index contributed by atoms with van der Waals surface area (Å²) in [6.45, 7) is 2.28. The number of rotatable bonds is 2. The summed E-state index contributed by atoms with van der Waals surface area (Å²) in [6, 6.07) is 7.49. The first kappa shape index (κ1) is 14.9. The van der Waals surface area contributed by atoms with Gasteiger partial charge in [-0.1, -0.05) is 6.92 Å². The Labute approximate surface area is 123 Å². The standard InChI is InChI=1S/C15H17N3O3/c1-10-7-8-18(13(10)14(19)20)15(21)17(2)12-5-3-11(9-16)4-6-12/h3-6,10,13H,7-8H2,1-2H3,(H,19,20). The highest BCUT2D eigenvalue weighted by molar-refractivity contribution is 5.94. The number of urea groups is 1. The molecule has 21 heavy (non-hydrogen) atoms. The number of carbonyl (C=O) groups excluding carboxylic acids is 1. The van der Waals surface area contributed by atoms with E-state index in [2.05, 4.69) is 0 Å². The molecule has 1 saturated heterocycles. The van der Waals surface area contributed by atoms with Gasteiger partial charge in [-0.05, 0) is 36.6 Å². The van der Waals surface area contributed by atoms with Crippen LogP contribution in [0.1, 0.15) is 18.9 Å². The predicted octanol–water partition coefficient (Wildman–Crippen LogP) is 1.91. The van der Waals surface area contributed by atoms with E-state index in [9.17, 15) is 14.7 Å². The lowest BCUT2D eigenvalue weighted by Gasteiger charge is -2.28. The molecule has 1 N–H and O–H groups in total. The van der Waals surface area contributed by atoms with Gasteiger partial charge in [0.05, 0.1) is 11.6 Å². The number of carboxylic acids is 1. The third-order valence-corrected chi connectivity index (χ3v) is 3.87. The van der Waals surface area contributed by atoms with Gasteiger partial charge in [-0.3, -0.25) is 4.90 Å². The van der Waals surface area contributed by atoms with E-state index in [0.717, 1.165) is 0 Å². The summed E-state index contributed by atoms with van der Waals surface area (Å²) in [4.78, 5) is 26.6. The summed E-state index contributed by atoms with van der Waals surface area (Å²) in [6.07, 6.45) is 0.684. The van der Waals surface area contributed by atoms with Gasteiger partial charge in [-0.2, -0.15) is 5.26 Å². The van der Waals surface area contributed by atoms with Crippen molar-refractivity contribution in [1.29, 1.82) is 5.26 Å². The number of hydrogen-bond donors (Lipinski definition) is 1. The number of carbonyl (C=O) groups is 2. The summed E-state index contributed by atoms with van der Waals surface area (Å²) in [7, 11) is 1.60. The number of benzene rings is 1. The molecule has 6 nitrogen and oxygen atoms in total. The number of likely N-dealkylation sites (tertiary alicyclic amines) is 1. The van der Waals surface area contributed by atoms with Gasteiger partial charge in [0, 0.05) is 19.3 Å². The Hall–Kier alpha value is -2.55. The van der Waals surface area contributed by atoms with Crippen molar-refractivity contribution in [3.8, 4) is 6.07 Å².